The first-order valence-electron chi connectivity index (χ1n) is 9.78. The van der Waals surface area contributed by atoms with E-state index in [0.717, 1.165) is 56.4 Å². The van der Waals surface area contributed by atoms with E-state index in [2.05, 4.69) is 5.32 Å². The first-order valence-corrected chi connectivity index (χ1v) is 9.78. The van der Waals surface area contributed by atoms with Crippen molar-refractivity contribution in [3.05, 3.63) is 66.0 Å². The van der Waals surface area contributed by atoms with Gasteiger partial charge in [-0.05, 0) is 42.7 Å². The van der Waals surface area contributed by atoms with Gasteiger partial charge in [-0.1, -0.05) is 49.6 Å². The van der Waals surface area contributed by atoms with Crippen molar-refractivity contribution in [2.24, 2.45) is 0 Å². The van der Waals surface area contributed by atoms with Crippen LogP contribution >= 0.6 is 0 Å². The van der Waals surface area contributed by atoms with Gasteiger partial charge in [0.2, 0.25) is 5.91 Å². The molecule has 2 aromatic carbocycles. The number of benzene rings is 2. The van der Waals surface area contributed by atoms with E-state index in [9.17, 15) is 27.2 Å². The Balaban J connectivity index is 2.04. The zero-order valence-corrected chi connectivity index (χ0v) is 16.2. The van der Waals surface area contributed by atoms with Gasteiger partial charge in [0.05, 0.1) is 0 Å². The number of rotatable bonds is 5. The van der Waals surface area contributed by atoms with Gasteiger partial charge < -0.3 is 5.32 Å². The van der Waals surface area contributed by atoms with Crippen LogP contribution in [0.5, 0.6) is 0 Å². The molecule has 1 aliphatic rings. The Morgan fingerprint density at radius 2 is 1.53 bits per heavy atom. The van der Waals surface area contributed by atoms with Crippen molar-refractivity contribution < 1.29 is 27.2 Å². The number of hydrogen-bond acceptors (Lipinski definition) is 2. The average molecular weight is 422 g/mol. The third-order valence-corrected chi connectivity index (χ3v) is 5.14. The topological polar surface area (TPSA) is 49.4 Å². The molecule has 1 fully saturated rings. The van der Waals surface area contributed by atoms with Crippen LogP contribution in [0.3, 0.4) is 0 Å². The SMILES string of the molecule is O=C(NC1CCCCC1)[C@@H](c1ccccc1)N(C(=O)C(F)(F)F)c1ccc(F)cc1. The Morgan fingerprint density at radius 1 is 0.933 bits per heavy atom. The van der Waals surface area contributed by atoms with Crippen molar-refractivity contribution >= 4 is 17.5 Å². The Morgan fingerprint density at radius 3 is 2.10 bits per heavy atom. The lowest BCUT2D eigenvalue weighted by Crippen LogP contribution is -2.50. The first kappa shape index (κ1) is 21.8. The van der Waals surface area contributed by atoms with Crippen LogP contribution in [0.25, 0.3) is 0 Å². The number of halogens is 4. The number of nitrogens with zero attached hydrogens (tertiary/aromatic N) is 1. The fraction of sp³-hybridized carbons (Fsp3) is 0.364. The molecule has 2 amide bonds. The monoisotopic (exact) mass is 422 g/mol. The molecule has 8 heteroatoms. The highest BCUT2D eigenvalue weighted by Gasteiger charge is 2.47. The lowest BCUT2D eigenvalue weighted by atomic mass is 9.94. The Labute approximate surface area is 171 Å². The molecule has 3 rings (SSSR count). The standard InChI is InChI=1S/C22H22F4N2O2/c23-16-11-13-18(14-12-16)28(21(30)22(24,25)26)19(15-7-3-1-4-8-15)20(29)27-17-9-5-2-6-10-17/h1,3-4,7-8,11-14,17,19H,2,5-6,9-10H2,(H,27,29)/t19-/m1/s1. The van der Waals surface area contributed by atoms with Crippen molar-refractivity contribution in [3.63, 3.8) is 0 Å². The van der Waals surface area contributed by atoms with E-state index in [1.807, 2.05) is 0 Å². The summed E-state index contributed by atoms with van der Waals surface area (Å²) in [6, 6.07) is 10.1. The Bertz CT molecular complexity index is 863. The van der Waals surface area contributed by atoms with Crippen molar-refractivity contribution in [1.82, 2.24) is 5.32 Å². The van der Waals surface area contributed by atoms with Gasteiger partial charge in [-0.25, -0.2) is 4.39 Å². The van der Waals surface area contributed by atoms with Gasteiger partial charge in [-0.3, -0.25) is 14.5 Å². The summed E-state index contributed by atoms with van der Waals surface area (Å²) >= 11 is 0. The van der Waals surface area contributed by atoms with Crippen molar-refractivity contribution in [2.75, 3.05) is 4.90 Å². The molecule has 0 heterocycles. The molecule has 1 saturated carbocycles. The predicted octanol–water partition coefficient (Wildman–Crippen LogP) is 4.91. The maximum absolute atomic E-state index is 13.5. The molecular formula is C22H22F4N2O2. The second kappa shape index (κ2) is 9.28. The van der Waals surface area contributed by atoms with Gasteiger partial charge >= 0.3 is 12.1 Å². The molecule has 4 nitrogen and oxygen atoms in total. The van der Waals surface area contributed by atoms with Crippen LogP contribution in [0.4, 0.5) is 23.2 Å². The van der Waals surface area contributed by atoms with Gasteiger partial charge in [0.15, 0.2) is 0 Å². The molecule has 0 spiro atoms. The summed E-state index contributed by atoms with van der Waals surface area (Å²) in [6.45, 7) is 0. The van der Waals surface area contributed by atoms with E-state index in [1.165, 1.54) is 12.1 Å². The normalized spacial score (nSPS) is 16.0. The van der Waals surface area contributed by atoms with E-state index in [-0.39, 0.29) is 17.3 Å². The average Bonchev–Trinajstić information content (AvgIpc) is 2.73. The van der Waals surface area contributed by atoms with Crippen LogP contribution in [0.2, 0.25) is 0 Å². The van der Waals surface area contributed by atoms with Crippen molar-refractivity contribution in [2.45, 2.75) is 50.4 Å². The summed E-state index contributed by atoms with van der Waals surface area (Å²) in [5.74, 6) is -3.56. The second-order valence-corrected chi connectivity index (χ2v) is 7.31. The Kier molecular flexibility index (Phi) is 6.74. The van der Waals surface area contributed by atoms with Crippen molar-refractivity contribution in [3.8, 4) is 0 Å². The van der Waals surface area contributed by atoms with Gasteiger partial charge in [-0.15, -0.1) is 0 Å². The summed E-state index contributed by atoms with van der Waals surface area (Å²) < 4.78 is 53.8. The highest BCUT2D eigenvalue weighted by atomic mass is 19.4. The number of anilines is 1. The van der Waals surface area contributed by atoms with E-state index < -0.39 is 29.8 Å². The highest BCUT2D eigenvalue weighted by molar-refractivity contribution is 6.03. The molecule has 1 atom stereocenters. The van der Waals surface area contributed by atoms with Crippen molar-refractivity contribution in [1.29, 1.82) is 0 Å². The first-order chi connectivity index (χ1) is 14.3. The summed E-state index contributed by atoms with van der Waals surface area (Å²) in [4.78, 5) is 26.0. The predicted molar refractivity (Wildman–Crippen MR) is 104 cm³/mol. The van der Waals surface area contributed by atoms with Crippen LogP contribution in [0.1, 0.15) is 43.7 Å². The van der Waals surface area contributed by atoms with Crippen LogP contribution in [0.15, 0.2) is 54.6 Å². The molecule has 1 aliphatic carbocycles. The van der Waals surface area contributed by atoms with Gasteiger partial charge in [0.1, 0.15) is 11.9 Å². The number of hydrogen-bond donors (Lipinski definition) is 1. The highest BCUT2D eigenvalue weighted by Crippen LogP contribution is 2.33. The molecule has 0 aromatic heterocycles. The van der Waals surface area contributed by atoms with Gasteiger partial charge in [0, 0.05) is 11.7 Å². The van der Waals surface area contributed by atoms with Crippen LogP contribution < -0.4 is 10.2 Å². The third-order valence-electron chi connectivity index (χ3n) is 5.14. The Hall–Kier alpha value is -2.90. The zero-order chi connectivity index (χ0) is 21.7. The number of amides is 2. The molecule has 0 aliphatic heterocycles. The lowest BCUT2D eigenvalue weighted by Gasteiger charge is -2.33. The summed E-state index contributed by atoms with van der Waals surface area (Å²) in [7, 11) is 0. The molecule has 0 saturated heterocycles. The van der Waals surface area contributed by atoms with E-state index in [4.69, 9.17) is 0 Å². The summed E-state index contributed by atoms with van der Waals surface area (Å²) in [5, 5.41) is 2.81. The minimum Gasteiger partial charge on any atom is -0.351 e. The van der Waals surface area contributed by atoms with E-state index >= 15 is 0 Å². The largest absolute Gasteiger partial charge is 0.471 e. The molecule has 2 aromatic rings. The van der Waals surface area contributed by atoms with Crippen LogP contribution in [-0.2, 0) is 9.59 Å². The maximum atomic E-state index is 13.5. The summed E-state index contributed by atoms with van der Waals surface area (Å²) in [5.41, 5.74) is 0.0131. The maximum Gasteiger partial charge on any atom is 0.471 e. The van der Waals surface area contributed by atoms with E-state index in [1.54, 1.807) is 18.2 Å². The molecule has 0 unspecified atom stereocenters. The quantitative estimate of drug-likeness (QED) is 0.696. The number of alkyl halides is 3. The number of carbonyl (C=O) groups is 2. The third kappa shape index (κ3) is 5.17. The van der Waals surface area contributed by atoms with Crippen LogP contribution in [-0.4, -0.2) is 24.0 Å². The minimum absolute atomic E-state index is 0.159. The number of carbonyl (C=O) groups excluding carboxylic acids is 2. The fourth-order valence-electron chi connectivity index (χ4n) is 3.70. The van der Waals surface area contributed by atoms with Gasteiger partial charge in [-0.2, -0.15) is 13.2 Å². The second-order valence-electron chi connectivity index (χ2n) is 7.31. The fourth-order valence-corrected chi connectivity index (χ4v) is 3.70. The molecule has 30 heavy (non-hydrogen) atoms. The zero-order valence-electron chi connectivity index (χ0n) is 16.2. The molecule has 1 N–H and O–H groups in total. The smallest absolute Gasteiger partial charge is 0.351 e. The van der Waals surface area contributed by atoms with Crippen LogP contribution in [0, 0.1) is 5.82 Å². The number of nitrogens with one attached hydrogen (secondary N) is 1. The molecule has 0 bridgehead atoms. The minimum atomic E-state index is -5.22. The lowest BCUT2D eigenvalue weighted by molar-refractivity contribution is -0.171. The molecule has 0 radical (unpaired) electrons. The molecular weight excluding hydrogens is 400 g/mol. The van der Waals surface area contributed by atoms with Gasteiger partial charge in [0.25, 0.3) is 0 Å². The van der Waals surface area contributed by atoms with E-state index in [0.29, 0.717) is 4.90 Å². The summed E-state index contributed by atoms with van der Waals surface area (Å²) in [6.07, 6.45) is -0.864. The molecule has 160 valence electrons.